The number of carbonyl (C=O) groups is 1. The minimum absolute atomic E-state index is 0.126. The summed E-state index contributed by atoms with van der Waals surface area (Å²) in [5.74, 6) is 1.92. The van der Waals surface area contributed by atoms with Gasteiger partial charge in [-0.05, 0) is 49.3 Å². The lowest BCUT2D eigenvalue weighted by Gasteiger charge is -2.22. The van der Waals surface area contributed by atoms with E-state index in [4.69, 9.17) is 19.9 Å². The lowest BCUT2D eigenvalue weighted by molar-refractivity contribution is -0.119. The number of rotatable bonds is 8. The number of amides is 1. The molecule has 176 valence electrons. The van der Waals surface area contributed by atoms with E-state index in [1.165, 1.54) is 0 Å². The molecule has 0 saturated carbocycles. The van der Waals surface area contributed by atoms with Gasteiger partial charge in [-0.3, -0.25) is 4.79 Å². The second-order valence-electron chi connectivity index (χ2n) is 8.82. The molecule has 0 saturated heterocycles. The van der Waals surface area contributed by atoms with Crippen LogP contribution in [0.2, 0.25) is 0 Å². The summed E-state index contributed by atoms with van der Waals surface area (Å²) in [6, 6.07) is 28.2. The smallest absolute Gasteiger partial charge is 0.255 e. The van der Waals surface area contributed by atoms with Gasteiger partial charge in [0.1, 0.15) is 11.4 Å². The fourth-order valence-electron chi connectivity index (χ4n) is 4.64. The Hall–Kier alpha value is -4.12. The van der Waals surface area contributed by atoms with Gasteiger partial charge in [-0.1, -0.05) is 78.9 Å². The van der Waals surface area contributed by atoms with Crippen molar-refractivity contribution in [3.8, 4) is 28.3 Å². The number of allylic oxidation sites excluding steroid dienone is 2. The first-order valence-corrected chi connectivity index (χ1v) is 12.0. The van der Waals surface area contributed by atoms with Crippen LogP contribution in [-0.2, 0) is 11.2 Å². The van der Waals surface area contributed by atoms with Crippen LogP contribution in [0.3, 0.4) is 0 Å². The van der Waals surface area contributed by atoms with Crippen molar-refractivity contribution >= 4 is 11.5 Å². The van der Waals surface area contributed by atoms with Gasteiger partial charge < -0.3 is 14.9 Å². The van der Waals surface area contributed by atoms with E-state index in [0.717, 1.165) is 59.4 Å². The maximum atomic E-state index is 11.1. The number of carbonyl (C=O) groups excluding carboxylic acids is 1. The minimum atomic E-state index is -0.486. The van der Waals surface area contributed by atoms with Crippen molar-refractivity contribution < 1.29 is 13.9 Å². The molecule has 1 aliphatic rings. The summed E-state index contributed by atoms with van der Waals surface area (Å²) in [5, 5.41) is 0. The molecule has 0 fully saturated rings. The Labute approximate surface area is 205 Å². The SMILES string of the molecule is NC(=O)COc1cccc(CC2CCCC=C2c2nc(-c3ccccc3)c(-c3ccccc3)o2)c1. The fourth-order valence-corrected chi connectivity index (χ4v) is 4.64. The van der Waals surface area contributed by atoms with Gasteiger partial charge in [0, 0.05) is 16.7 Å². The van der Waals surface area contributed by atoms with Crippen molar-refractivity contribution in [2.45, 2.75) is 25.7 Å². The normalized spacial score (nSPS) is 15.4. The van der Waals surface area contributed by atoms with Crippen LogP contribution in [0.5, 0.6) is 5.75 Å². The van der Waals surface area contributed by atoms with E-state index in [9.17, 15) is 4.79 Å². The first-order chi connectivity index (χ1) is 17.2. The molecule has 35 heavy (non-hydrogen) atoms. The summed E-state index contributed by atoms with van der Waals surface area (Å²) in [6.45, 7) is -0.126. The first-order valence-electron chi connectivity index (χ1n) is 12.0. The van der Waals surface area contributed by atoms with Crippen LogP contribution in [0.25, 0.3) is 28.2 Å². The molecule has 1 heterocycles. The first kappa shape index (κ1) is 22.7. The summed E-state index contributed by atoms with van der Waals surface area (Å²) in [5.41, 5.74) is 10.4. The molecule has 1 atom stereocenters. The molecule has 2 N–H and O–H groups in total. The number of benzene rings is 3. The Kier molecular flexibility index (Phi) is 6.75. The van der Waals surface area contributed by atoms with Gasteiger partial charge in [0.25, 0.3) is 5.91 Å². The lowest BCUT2D eigenvalue weighted by Crippen LogP contribution is -2.20. The molecule has 1 aromatic heterocycles. The maximum absolute atomic E-state index is 11.1. The van der Waals surface area contributed by atoms with E-state index >= 15 is 0 Å². The Morgan fingerprint density at radius 2 is 1.71 bits per heavy atom. The zero-order valence-corrected chi connectivity index (χ0v) is 19.5. The van der Waals surface area contributed by atoms with Crippen LogP contribution in [0.4, 0.5) is 0 Å². The molecule has 3 aromatic carbocycles. The van der Waals surface area contributed by atoms with Crippen molar-refractivity contribution in [3.05, 3.63) is 102 Å². The topological polar surface area (TPSA) is 78.4 Å². The molecule has 4 aromatic rings. The average Bonchev–Trinajstić information content (AvgIpc) is 3.34. The number of primary amides is 1. The molecule has 1 aliphatic carbocycles. The second-order valence-corrected chi connectivity index (χ2v) is 8.82. The monoisotopic (exact) mass is 464 g/mol. The molecule has 0 spiro atoms. The quantitative estimate of drug-likeness (QED) is 0.332. The number of oxazole rings is 1. The Morgan fingerprint density at radius 3 is 2.46 bits per heavy atom. The third-order valence-corrected chi connectivity index (χ3v) is 6.28. The highest BCUT2D eigenvalue weighted by atomic mass is 16.5. The third kappa shape index (κ3) is 5.35. The van der Waals surface area contributed by atoms with E-state index in [1.807, 2.05) is 54.6 Å². The molecule has 1 unspecified atom stereocenters. The van der Waals surface area contributed by atoms with Crippen molar-refractivity contribution in [3.63, 3.8) is 0 Å². The standard InChI is InChI=1S/C30H28N2O3/c31-27(33)20-34-25-16-9-10-21(19-25)18-24-15-7-8-17-26(24)30-32-28(22-11-3-1-4-12-22)29(35-30)23-13-5-2-6-14-23/h1-6,9-14,16-17,19,24H,7-8,15,18,20H2,(H2,31,33). The average molecular weight is 465 g/mol. The number of nitrogens with two attached hydrogens (primary N) is 1. The van der Waals surface area contributed by atoms with E-state index < -0.39 is 5.91 Å². The van der Waals surface area contributed by atoms with Crippen molar-refractivity contribution in [2.75, 3.05) is 6.61 Å². The lowest BCUT2D eigenvalue weighted by atomic mass is 9.83. The van der Waals surface area contributed by atoms with E-state index in [0.29, 0.717) is 11.6 Å². The number of aromatic nitrogens is 1. The highest BCUT2D eigenvalue weighted by Gasteiger charge is 2.26. The molecule has 5 nitrogen and oxygen atoms in total. The second kappa shape index (κ2) is 10.4. The van der Waals surface area contributed by atoms with Crippen LogP contribution in [0.1, 0.15) is 30.7 Å². The van der Waals surface area contributed by atoms with Crippen molar-refractivity contribution in [1.29, 1.82) is 0 Å². The van der Waals surface area contributed by atoms with Crippen LogP contribution in [0, 0.1) is 5.92 Å². The van der Waals surface area contributed by atoms with Crippen LogP contribution >= 0.6 is 0 Å². The molecule has 5 heteroatoms. The van der Waals surface area contributed by atoms with Gasteiger partial charge in [-0.25, -0.2) is 4.98 Å². The van der Waals surface area contributed by atoms with Crippen LogP contribution < -0.4 is 10.5 Å². The van der Waals surface area contributed by atoms with E-state index in [1.54, 1.807) is 0 Å². The predicted molar refractivity (Wildman–Crippen MR) is 138 cm³/mol. The Bertz CT molecular complexity index is 1270. The third-order valence-electron chi connectivity index (χ3n) is 6.28. The summed E-state index contributed by atoms with van der Waals surface area (Å²) in [6.07, 6.45) is 6.31. The van der Waals surface area contributed by atoms with Crippen molar-refractivity contribution in [1.82, 2.24) is 4.98 Å². The molecule has 0 aliphatic heterocycles. The summed E-state index contributed by atoms with van der Waals surface area (Å²) in [7, 11) is 0. The summed E-state index contributed by atoms with van der Waals surface area (Å²) < 4.78 is 12.0. The van der Waals surface area contributed by atoms with Gasteiger partial charge in [0.05, 0.1) is 0 Å². The van der Waals surface area contributed by atoms with Crippen LogP contribution in [0.15, 0.2) is 95.4 Å². The predicted octanol–water partition coefficient (Wildman–Crippen LogP) is 6.30. The molecule has 1 amide bonds. The van der Waals surface area contributed by atoms with Gasteiger partial charge in [-0.15, -0.1) is 0 Å². The number of hydrogen-bond acceptors (Lipinski definition) is 4. The molecular weight excluding hydrogens is 436 g/mol. The fraction of sp³-hybridized carbons (Fsp3) is 0.200. The van der Waals surface area contributed by atoms with E-state index in [2.05, 4.69) is 36.4 Å². The Balaban J connectivity index is 1.47. The summed E-state index contributed by atoms with van der Waals surface area (Å²) in [4.78, 5) is 16.1. The summed E-state index contributed by atoms with van der Waals surface area (Å²) >= 11 is 0. The van der Waals surface area contributed by atoms with Gasteiger partial charge in [-0.2, -0.15) is 0 Å². The molecule has 0 radical (unpaired) electrons. The molecule has 5 rings (SSSR count). The largest absolute Gasteiger partial charge is 0.484 e. The van der Waals surface area contributed by atoms with E-state index in [-0.39, 0.29) is 12.5 Å². The highest BCUT2D eigenvalue weighted by molar-refractivity contribution is 5.79. The Morgan fingerprint density at radius 1 is 0.971 bits per heavy atom. The van der Waals surface area contributed by atoms with Gasteiger partial charge in [0.2, 0.25) is 5.89 Å². The van der Waals surface area contributed by atoms with Gasteiger partial charge in [0.15, 0.2) is 12.4 Å². The number of nitrogens with zero attached hydrogens (tertiary/aromatic N) is 1. The van der Waals surface area contributed by atoms with Gasteiger partial charge >= 0.3 is 0 Å². The highest BCUT2D eigenvalue weighted by Crippen LogP contribution is 2.40. The minimum Gasteiger partial charge on any atom is -0.484 e. The number of hydrogen-bond donors (Lipinski definition) is 1. The zero-order chi connectivity index (χ0) is 24.0. The van der Waals surface area contributed by atoms with Crippen molar-refractivity contribution in [2.24, 2.45) is 11.7 Å². The maximum Gasteiger partial charge on any atom is 0.255 e. The van der Waals surface area contributed by atoms with Crippen LogP contribution in [-0.4, -0.2) is 17.5 Å². The molecular formula is C30H28N2O3. The molecule has 0 bridgehead atoms. The zero-order valence-electron chi connectivity index (χ0n) is 19.5. The number of ether oxygens (including phenoxy) is 1.